The molecule has 2 N–H and O–H groups in total. The molecular weight excluding hydrogens is 196 g/mol. The number of unbranched alkanes of at least 4 members (excludes halogenated alkanes) is 1. The van der Waals surface area contributed by atoms with Crippen molar-refractivity contribution in [3.8, 4) is 0 Å². The second-order valence-electron chi connectivity index (χ2n) is 3.66. The van der Waals surface area contributed by atoms with E-state index in [-0.39, 0.29) is 6.42 Å². The normalized spacial score (nSPS) is 10.9. The molecule has 0 aliphatic carbocycles. The first-order valence-corrected chi connectivity index (χ1v) is 5.28. The van der Waals surface area contributed by atoms with Gasteiger partial charge in [0.15, 0.2) is 0 Å². The van der Waals surface area contributed by atoms with E-state index in [1.807, 2.05) is 18.2 Å². The topological polar surface area (TPSA) is 26.0 Å². The Morgan fingerprint density at radius 3 is 2.53 bits per heavy atom. The van der Waals surface area contributed by atoms with Crippen LogP contribution in [0.15, 0.2) is 24.3 Å². The van der Waals surface area contributed by atoms with Crippen LogP contribution in [0.2, 0.25) is 0 Å². The third kappa shape index (κ3) is 4.88. The maximum atomic E-state index is 12.1. The standard InChI is InChI=1S/C12H17F2N/c13-12(14)9-11-6-3-5-10(8-11)4-1-2-7-15/h3,5-6,8,12H,1-2,4,7,9,15H2. The molecule has 0 radical (unpaired) electrons. The first-order chi connectivity index (χ1) is 7.22. The molecule has 0 unspecified atom stereocenters. The van der Waals surface area contributed by atoms with Gasteiger partial charge < -0.3 is 5.73 Å². The van der Waals surface area contributed by atoms with Gasteiger partial charge in [0.05, 0.1) is 0 Å². The SMILES string of the molecule is NCCCCc1cccc(CC(F)F)c1. The lowest BCUT2D eigenvalue weighted by atomic mass is 10.0. The number of nitrogens with two attached hydrogens (primary N) is 1. The van der Waals surface area contributed by atoms with E-state index in [0.29, 0.717) is 6.54 Å². The third-order valence-corrected chi connectivity index (χ3v) is 2.30. The van der Waals surface area contributed by atoms with Crippen molar-refractivity contribution in [3.63, 3.8) is 0 Å². The van der Waals surface area contributed by atoms with Gasteiger partial charge in [-0.3, -0.25) is 0 Å². The molecule has 0 aliphatic rings. The summed E-state index contributed by atoms with van der Waals surface area (Å²) in [7, 11) is 0. The summed E-state index contributed by atoms with van der Waals surface area (Å²) in [6.45, 7) is 0.691. The predicted octanol–water partition coefficient (Wildman–Crippen LogP) is 2.78. The fraction of sp³-hybridized carbons (Fsp3) is 0.500. The summed E-state index contributed by atoms with van der Waals surface area (Å²) in [5.74, 6) is 0. The number of halogens is 2. The van der Waals surface area contributed by atoms with Gasteiger partial charge in [0, 0.05) is 6.42 Å². The van der Waals surface area contributed by atoms with Crippen molar-refractivity contribution in [2.24, 2.45) is 5.73 Å². The molecule has 0 fully saturated rings. The molecule has 0 saturated carbocycles. The Hall–Kier alpha value is -0.960. The average Bonchev–Trinajstić information content (AvgIpc) is 2.18. The lowest BCUT2D eigenvalue weighted by Gasteiger charge is -2.04. The smallest absolute Gasteiger partial charge is 0.242 e. The zero-order chi connectivity index (χ0) is 11.1. The number of hydrogen-bond acceptors (Lipinski definition) is 1. The summed E-state index contributed by atoms with van der Waals surface area (Å²) in [6, 6.07) is 7.43. The summed E-state index contributed by atoms with van der Waals surface area (Å²) in [5, 5.41) is 0. The molecule has 0 spiro atoms. The molecular formula is C12H17F2N. The predicted molar refractivity (Wildman–Crippen MR) is 58.1 cm³/mol. The van der Waals surface area contributed by atoms with Gasteiger partial charge in [0.25, 0.3) is 0 Å². The Kier molecular flexibility index (Phi) is 5.26. The first kappa shape index (κ1) is 12.1. The fourth-order valence-corrected chi connectivity index (χ4v) is 1.56. The molecule has 3 heteroatoms. The Morgan fingerprint density at radius 2 is 1.87 bits per heavy atom. The molecule has 0 aromatic heterocycles. The average molecular weight is 213 g/mol. The van der Waals surface area contributed by atoms with Crippen molar-refractivity contribution < 1.29 is 8.78 Å². The van der Waals surface area contributed by atoms with Crippen molar-refractivity contribution >= 4 is 0 Å². The zero-order valence-electron chi connectivity index (χ0n) is 8.76. The number of hydrogen-bond donors (Lipinski definition) is 1. The molecule has 1 nitrogen and oxygen atoms in total. The van der Waals surface area contributed by atoms with Crippen LogP contribution < -0.4 is 5.73 Å². The van der Waals surface area contributed by atoms with Gasteiger partial charge in [-0.25, -0.2) is 8.78 Å². The number of rotatable bonds is 6. The van der Waals surface area contributed by atoms with E-state index in [4.69, 9.17) is 5.73 Å². The molecule has 0 amide bonds. The van der Waals surface area contributed by atoms with Gasteiger partial charge in [0.1, 0.15) is 0 Å². The highest BCUT2D eigenvalue weighted by molar-refractivity contribution is 5.23. The van der Waals surface area contributed by atoms with Gasteiger partial charge >= 0.3 is 0 Å². The van der Waals surface area contributed by atoms with E-state index >= 15 is 0 Å². The van der Waals surface area contributed by atoms with Crippen molar-refractivity contribution in [1.29, 1.82) is 0 Å². The van der Waals surface area contributed by atoms with Crippen LogP contribution in [0.1, 0.15) is 24.0 Å². The highest BCUT2D eigenvalue weighted by atomic mass is 19.3. The lowest BCUT2D eigenvalue weighted by molar-refractivity contribution is 0.149. The minimum Gasteiger partial charge on any atom is -0.330 e. The van der Waals surface area contributed by atoms with Crippen molar-refractivity contribution in [2.45, 2.75) is 32.1 Å². The molecule has 0 bridgehead atoms. The highest BCUT2D eigenvalue weighted by Crippen LogP contribution is 2.12. The Labute approximate surface area is 89.3 Å². The van der Waals surface area contributed by atoms with Crippen molar-refractivity contribution in [3.05, 3.63) is 35.4 Å². The highest BCUT2D eigenvalue weighted by Gasteiger charge is 2.04. The summed E-state index contributed by atoms with van der Waals surface area (Å²) in [6.07, 6.45) is 0.525. The van der Waals surface area contributed by atoms with Crippen LogP contribution in [0.25, 0.3) is 0 Å². The molecule has 15 heavy (non-hydrogen) atoms. The van der Waals surface area contributed by atoms with Crippen LogP contribution in [-0.2, 0) is 12.8 Å². The van der Waals surface area contributed by atoms with Gasteiger partial charge in [-0.1, -0.05) is 24.3 Å². The summed E-state index contributed by atoms with van der Waals surface area (Å²) >= 11 is 0. The molecule has 0 saturated heterocycles. The molecule has 1 rings (SSSR count). The van der Waals surface area contributed by atoms with E-state index in [9.17, 15) is 8.78 Å². The van der Waals surface area contributed by atoms with Crippen LogP contribution in [0.3, 0.4) is 0 Å². The van der Waals surface area contributed by atoms with Gasteiger partial charge in [0.2, 0.25) is 6.43 Å². The molecule has 0 aliphatic heterocycles. The quantitative estimate of drug-likeness (QED) is 0.722. The second-order valence-corrected chi connectivity index (χ2v) is 3.66. The first-order valence-electron chi connectivity index (χ1n) is 5.28. The van der Waals surface area contributed by atoms with Crippen LogP contribution in [0.4, 0.5) is 8.78 Å². The zero-order valence-corrected chi connectivity index (χ0v) is 8.76. The van der Waals surface area contributed by atoms with Gasteiger partial charge in [-0.05, 0) is 36.9 Å². The van der Waals surface area contributed by atoms with Gasteiger partial charge in [-0.2, -0.15) is 0 Å². The minimum atomic E-state index is -2.26. The van der Waals surface area contributed by atoms with E-state index < -0.39 is 6.43 Å². The number of alkyl halides is 2. The Bertz CT molecular complexity index is 287. The lowest BCUT2D eigenvalue weighted by Crippen LogP contribution is -2.00. The maximum absolute atomic E-state index is 12.1. The third-order valence-electron chi connectivity index (χ3n) is 2.30. The van der Waals surface area contributed by atoms with Crippen LogP contribution in [-0.4, -0.2) is 13.0 Å². The molecule has 84 valence electrons. The van der Waals surface area contributed by atoms with E-state index in [1.54, 1.807) is 6.07 Å². The van der Waals surface area contributed by atoms with E-state index in [2.05, 4.69) is 0 Å². The monoisotopic (exact) mass is 213 g/mol. The van der Waals surface area contributed by atoms with E-state index in [0.717, 1.165) is 30.4 Å². The largest absolute Gasteiger partial charge is 0.330 e. The summed E-state index contributed by atoms with van der Waals surface area (Å²) < 4.78 is 24.3. The van der Waals surface area contributed by atoms with Crippen molar-refractivity contribution in [2.75, 3.05) is 6.54 Å². The number of aryl methyl sites for hydroxylation is 1. The van der Waals surface area contributed by atoms with Crippen LogP contribution >= 0.6 is 0 Å². The molecule has 1 aromatic carbocycles. The summed E-state index contributed by atoms with van der Waals surface area (Å²) in [4.78, 5) is 0. The Balaban J connectivity index is 2.50. The van der Waals surface area contributed by atoms with Crippen LogP contribution in [0, 0.1) is 0 Å². The van der Waals surface area contributed by atoms with Crippen LogP contribution in [0.5, 0.6) is 0 Å². The van der Waals surface area contributed by atoms with E-state index in [1.165, 1.54) is 0 Å². The van der Waals surface area contributed by atoms with Gasteiger partial charge in [-0.15, -0.1) is 0 Å². The maximum Gasteiger partial charge on any atom is 0.242 e. The number of benzene rings is 1. The van der Waals surface area contributed by atoms with Crippen molar-refractivity contribution in [1.82, 2.24) is 0 Å². The Morgan fingerprint density at radius 1 is 1.13 bits per heavy atom. The molecule has 0 heterocycles. The minimum absolute atomic E-state index is 0.148. The second kappa shape index (κ2) is 6.51. The fourth-order valence-electron chi connectivity index (χ4n) is 1.56. The molecule has 1 aromatic rings. The molecule has 0 atom stereocenters. The summed E-state index contributed by atoms with van der Waals surface area (Å²) in [5.41, 5.74) is 7.23.